The number of rotatable bonds is 36. The van der Waals surface area contributed by atoms with Crippen LogP contribution in [0.3, 0.4) is 0 Å². The molecule has 0 saturated heterocycles. The van der Waals surface area contributed by atoms with Crippen molar-refractivity contribution in [3.8, 4) is 0 Å². The van der Waals surface area contributed by atoms with E-state index in [4.69, 9.17) is 13.6 Å². The van der Waals surface area contributed by atoms with Crippen LogP contribution >= 0.6 is 8.60 Å². The summed E-state index contributed by atoms with van der Waals surface area (Å²) in [6.07, 6.45) is 36.2. The Hall–Kier alpha value is 0.310. The van der Waals surface area contributed by atoms with Gasteiger partial charge in [-0.05, 0) is 57.8 Å². The van der Waals surface area contributed by atoms with Crippen LogP contribution in [0.4, 0.5) is 0 Å². The molecule has 0 aromatic heterocycles. The third kappa shape index (κ3) is 20.7. The molecule has 0 aliphatic rings. The maximum atomic E-state index is 7.65. The van der Waals surface area contributed by atoms with Crippen LogP contribution in [-0.2, 0) is 13.6 Å². The predicted molar refractivity (Wildman–Crippen MR) is 208 cm³/mol. The Labute approximate surface area is 293 Å². The largest absolute Gasteiger partial charge is 0.334 e. The Morgan fingerprint density at radius 1 is 0.261 bits per heavy atom. The van der Waals surface area contributed by atoms with E-state index in [1.54, 1.807) is 0 Å². The molecule has 3 nitrogen and oxygen atoms in total. The molecule has 0 aromatic rings. The fourth-order valence-corrected chi connectivity index (χ4v) is 9.03. The van der Waals surface area contributed by atoms with Gasteiger partial charge in [-0.2, -0.15) is 0 Å². The van der Waals surface area contributed by atoms with Gasteiger partial charge in [-0.15, -0.1) is 0 Å². The van der Waals surface area contributed by atoms with Crippen molar-refractivity contribution in [3.05, 3.63) is 0 Å². The molecule has 0 spiro atoms. The Morgan fingerprint density at radius 2 is 0.435 bits per heavy atom. The zero-order valence-electron chi connectivity index (χ0n) is 33.4. The molecular formula is C42H87O3P. The predicted octanol–water partition coefficient (Wildman–Crippen LogP) is 16.4. The summed E-state index contributed by atoms with van der Waals surface area (Å²) in [5.74, 6) is 0. The first-order valence-electron chi connectivity index (χ1n) is 21.2. The van der Waals surface area contributed by atoms with Gasteiger partial charge in [0.25, 0.3) is 0 Å². The molecule has 0 heterocycles. The average molecular weight is 671 g/mol. The van der Waals surface area contributed by atoms with Gasteiger partial charge in [-0.1, -0.05) is 197 Å². The van der Waals surface area contributed by atoms with Gasteiger partial charge in [-0.25, -0.2) is 0 Å². The average Bonchev–Trinajstić information content (AvgIpc) is 3.06. The van der Waals surface area contributed by atoms with Gasteiger partial charge in [0.05, 0.1) is 16.8 Å². The molecule has 0 bridgehead atoms. The van der Waals surface area contributed by atoms with Crippen molar-refractivity contribution in [1.82, 2.24) is 0 Å². The van der Waals surface area contributed by atoms with Crippen LogP contribution in [0.15, 0.2) is 0 Å². The highest BCUT2D eigenvalue weighted by molar-refractivity contribution is 7.41. The van der Waals surface area contributed by atoms with Crippen molar-refractivity contribution in [1.29, 1.82) is 0 Å². The molecule has 0 radical (unpaired) electrons. The van der Waals surface area contributed by atoms with Gasteiger partial charge in [0, 0.05) is 0 Å². The fourth-order valence-electron chi connectivity index (χ4n) is 7.15. The second kappa shape index (κ2) is 30.2. The van der Waals surface area contributed by atoms with Gasteiger partial charge >= 0.3 is 8.60 Å². The lowest BCUT2D eigenvalue weighted by molar-refractivity contribution is -0.0695. The number of hydrogen-bond donors (Lipinski definition) is 0. The van der Waals surface area contributed by atoms with E-state index < -0.39 is 8.60 Å². The maximum Gasteiger partial charge on any atom is 0.334 e. The summed E-state index contributed by atoms with van der Waals surface area (Å²) < 4.78 is 23.0. The fraction of sp³-hybridized carbons (Fsp3) is 1.00. The van der Waals surface area contributed by atoms with Crippen molar-refractivity contribution in [2.75, 3.05) is 0 Å². The van der Waals surface area contributed by atoms with E-state index in [0.717, 1.165) is 57.8 Å². The first-order chi connectivity index (χ1) is 22.3. The van der Waals surface area contributed by atoms with E-state index in [-0.39, 0.29) is 16.8 Å². The molecule has 4 heteroatoms. The Morgan fingerprint density at radius 3 is 0.609 bits per heavy atom. The molecule has 0 amide bonds. The van der Waals surface area contributed by atoms with E-state index in [1.807, 2.05) is 0 Å². The molecule has 0 aliphatic heterocycles. The smallest absolute Gasteiger partial charge is 0.306 e. The number of hydrogen-bond acceptors (Lipinski definition) is 3. The lowest BCUT2D eigenvalue weighted by Gasteiger charge is -2.45. The summed E-state index contributed by atoms with van der Waals surface area (Å²) in [7, 11) is -1.49. The van der Waals surface area contributed by atoms with Gasteiger partial charge in [0.1, 0.15) is 0 Å². The highest BCUT2D eigenvalue weighted by atomic mass is 31.2. The Bertz CT molecular complexity index is 529. The SMILES string of the molecule is CCCCCC(CCCC)(CCCC)OP(OC(CCCC)(CCCC)CCCCC)OC(CCCC)(CCCC)CCCCC. The minimum absolute atomic E-state index is 0.137. The van der Waals surface area contributed by atoms with Gasteiger partial charge in [0.2, 0.25) is 0 Å². The molecular weight excluding hydrogens is 583 g/mol. The molecule has 0 fully saturated rings. The Kier molecular flexibility index (Phi) is 30.4. The topological polar surface area (TPSA) is 27.7 Å². The van der Waals surface area contributed by atoms with Gasteiger partial charge < -0.3 is 13.6 Å². The van der Waals surface area contributed by atoms with E-state index in [2.05, 4.69) is 62.3 Å². The van der Waals surface area contributed by atoms with E-state index in [0.29, 0.717) is 0 Å². The van der Waals surface area contributed by atoms with Crippen molar-refractivity contribution < 1.29 is 13.6 Å². The molecule has 0 aliphatic carbocycles. The number of unbranched alkanes of at least 4 members (excludes halogenated alkanes) is 12. The van der Waals surface area contributed by atoms with Crippen molar-refractivity contribution in [3.63, 3.8) is 0 Å². The van der Waals surface area contributed by atoms with E-state index in [9.17, 15) is 0 Å². The van der Waals surface area contributed by atoms with Crippen LogP contribution in [0.25, 0.3) is 0 Å². The third-order valence-electron chi connectivity index (χ3n) is 10.4. The first kappa shape index (κ1) is 46.3. The molecule has 0 N–H and O–H groups in total. The molecule has 0 saturated carbocycles. The normalized spacial score (nSPS) is 12.9. The summed E-state index contributed by atoms with van der Waals surface area (Å²) in [6, 6.07) is 0. The maximum absolute atomic E-state index is 7.65. The summed E-state index contributed by atoms with van der Waals surface area (Å²) in [4.78, 5) is 0. The van der Waals surface area contributed by atoms with Crippen LogP contribution in [0.2, 0.25) is 0 Å². The highest BCUT2D eigenvalue weighted by Gasteiger charge is 2.44. The zero-order chi connectivity index (χ0) is 34.4. The van der Waals surface area contributed by atoms with E-state index in [1.165, 1.54) is 135 Å². The van der Waals surface area contributed by atoms with Crippen molar-refractivity contribution in [2.24, 2.45) is 0 Å². The summed E-state index contributed by atoms with van der Waals surface area (Å²) in [5, 5.41) is 0. The van der Waals surface area contributed by atoms with Gasteiger partial charge in [-0.3, -0.25) is 0 Å². The van der Waals surface area contributed by atoms with Crippen LogP contribution in [0.5, 0.6) is 0 Å². The molecule has 278 valence electrons. The molecule has 46 heavy (non-hydrogen) atoms. The zero-order valence-corrected chi connectivity index (χ0v) is 34.3. The summed E-state index contributed by atoms with van der Waals surface area (Å²) in [6.45, 7) is 21.0. The van der Waals surface area contributed by atoms with Crippen molar-refractivity contribution >= 4 is 8.60 Å². The van der Waals surface area contributed by atoms with Crippen molar-refractivity contribution in [2.45, 2.75) is 272 Å². The second-order valence-corrected chi connectivity index (χ2v) is 16.0. The highest BCUT2D eigenvalue weighted by Crippen LogP contribution is 2.57. The minimum Gasteiger partial charge on any atom is -0.306 e. The summed E-state index contributed by atoms with van der Waals surface area (Å²) >= 11 is 0. The minimum atomic E-state index is -1.49. The van der Waals surface area contributed by atoms with Crippen LogP contribution in [-0.4, -0.2) is 16.8 Å². The van der Waals surface area contributed by atoms with Gasteiger partial charge in [0.15, 0.2) is 0 Å². The summed E-state index contributed by atoms with van der Waals surface area (Å²) in [5.41, 5.74) is -0.410. The molecule has 0 rings (SSSR count). The Balaban J connectivity index is 7.09. The van der Waals surface area contributed by atoms with E-state index >= 15 is 0 Å². The monoisotopic (exact) mass is 671 g/mol. The van der Waals surface area contributed by atoms with Crippen LogP contribution in [0.1, 0.15) is 255 Å². The second-order valence-electron chi connectivity index (χ2n) is 15.0. The molecule has 0 unspecified atom stereocenters. The lowest BCUT2D eigenvalue weighted by Crippen LogP contribution is -2.39. The van der Waals surface area contributed by atoms with Crippen LogP contribution < -0.4 is 0 Å². The third-order valence-corrected chi connectivity index (χ3v) is 12.0. The standard InChI is InChI=1S/C42H87O3P/c1-10-19-28-37-40(31-22-13-4,32-23-14-5)43-46(44-41(33-24-15-6,34-25-16-7)38-29-20-11-2)45-42(35-26-17-8,36-27-18-9)39-30-21-12-3/h10-39H2,1-9H3. The molecule has 0 atom stereocenters. The first-order valence-corrected chi connectivity index (χ1v) is 22.3. The lowest BCUT2D eigenvalue weighted by atomic mass is 9.86. The molecule has 0 aromatic carbocycles. The quantitative estimate of drug-likeness (QED) is 0.0490. The van der Waals surface area contributed by atoms with Crippen LogP contribution in [0, 0.1) is 0 Å².